The fourth-order valence-corrected chi connectivity index (χ4v) is 16.2. The second kappa shape index (κ2) is 30.5. The summed E-state index contributed by atoms with van der Waals surface area (Å²) < 4.78 is 158. The number of para-hydroxylation sites is 2. The molecule has 13 aromatic heterocycles. The molecule has 0 saturated heterocycles. The van der Waals surface area contributed by atoms with Gasteiger partial charge in [-0.15, -0.1) is 0 Å². The minimum atomic E-state index is -2.30. The molecule has 0 aliphatic carbocycles. The molecular formula is C91H95B5N13O5+5. The van der Waals surface area contributed by atoms with Gasteiger partial charge in [0.2, 0.25) is 17.1 Å². The maximum Gasteiger partial charge on any atom is 0.443 e. The van der Waals surface area contributed by atoms with Crippen LogP contribution in [-0.2, 0) is 35.2 Å². The fourth-order valence-electron chi connectivity index (χ4n) is 16.2. The van der Waals surface area contributed by atoms with Crippen LogP contribution in [0.1, 0.15) is 101 Å². The van der Waals surface area contributed by atoms with Gasteiger partial charge in [-0.2, -0.15) is 0 Å². The van der Waals surface area contributed by atoms with Crippen molar-refractivity contribution in [1.82, 2.24) is 39.0 Å². The molecule has 0 bridgehead atoms. The predicted molar refractivity (Wildman–Crippen MR) is 464 cm³/mol. The molecule has 0 saturated carbocycles. The Bertz CT molecular complexity index is 7090. The second-order valence-electron chi connectivity index (χ2n) is 30.0. The average Bonchev–Trinajstić information content (AvgIpc) is 1.32. The van der Waals surface area contributed by atoms with Gasteiger partial charge in [-0.05, 0) is 240 Å². The number of pyridine rings is 8. The zero-order chi connectivity index (χ0) is 92.3. The summed E-state index contributed by atoms with van der Waals surface area (Å²) in [6.07, 6.45) is 30.0. The lowest BCUT2D eigenvalue weighted by molar-refractivity contribution is -0.654. The first-order valence-electron chi connectivity index (χ1n) is 45.1. The minimum absolute atomic E-state index is 0.0547. The van der Waals surface area contributed by atoms with E-state index in [1.165, 1.54) is 11.2 Å². The number of allylic oxidation sites excluding steroid dienone is 2. The van der Waals surface area contributed by atoms with Gasteiger partial charge >= 0.3 is 34.2 Å². The Morgan fingerprint density at radius 3 is 1.09 bits per heavy atom. The Morgan fingerprint density at radius 2 is 0.702 bits per heavy atom. The number of furan rings is 5. The summed E-state index contributed by atoms with van der Waals surface area (Å²) in [7, 11) is 19.3. The Hall–Kier alpha value is -12.6. The summed E-state index contributed by atoms with van der Waals surface area (Å²) >= 11 is 0. The van der Waals surface area contributed by atoms with Gasteiger partial charge in [-0.1, -0.05) is 36.4 Å². The van der Waals surface area contributed by atoms with Crippen LogP contribution in [0.2, 0.25) is 0 Å². The summed E-state index contributed by atoms with van der Waals surface area (Å²) in [5, 5.41) is 4.64. The number of hydrogen-bond donors (Lipinski definition) is 0. The van der Waals surface area contributed by atoms with E-state index >= 15 is 0 Å². The van der Waals surface area contributed by atoms with E-state index in [0.29, 0.717) is 73.0 Å². The number of rotatable bonds is 5. The summed E-state index contributed by atoms with van der Waals surface area (Å²) in [5.74, 6) is 0. The summed E-state index contributed by atoms with van der Waals surface area (Å²) in [6.45, 7) is -4.03. The molecule has 0 atom stereocenters. The summed E-state index contributed by atoms with van der Waals surface area (Å²) in [6, 6.07) is 42.6. The normalized spacial score (nSPS) is 16.4. The van der Waals surface area contributed by atoms with Gasteiger partial charge in [0.25, 0.3) is 0 Å². The van der Waals surface area contributed by atoms with Crippen molar-refractivity contribution in [3.8, 4) is 0 Å². The third-order valence-electron chi connectivity index (χ3n) is 22.1. The van der Waals surface area contributed by atoms with Crippen molar-refractivity contribution < 1.29 is 65.5 Å². The van der Waals surface area contributed by atoms with Gasteiger partial charge in [0, 0.05) is 147 Å². The third kappa shape index (κ3) is 13.8. The van der Waals surface area contributed by atoms with Crippen molar-refractivity contribution in [2.45, 2.75) is 62.0 Å². The zero-order valence-corrected chi connectivity index (χ0v) is 66.2. The molecule has 23 heteroatoms. The number of aryl methyl sites for hydroxylation is 12. The predicted octanol–water partition coefficient (Wildman–Crippen LogP) is 7.52. The lowest BCUT2D eigenvalue weighted by Gasteiger charge is -2.26. The SMILES string of the molecule is Cc1cc[n+](C)c(B2c3oc4ncccc4c3C=CN2C)c1.[2H]C([2H])([2H])C1=CN(C)B(c2cc(C)c(C([2H])([2H])[2H])c[n+]2C)c2oc3ccccc3c21.[2H]C([2H])([2H])C1=CN(C)B(c2cc(C)cc[n+]2C)c2oc3ccccc3c21.[2H]C([2H])([2H])c1c[n+](C)c(B2c3oc4ncccc4c3C=CN2C)cc1C.[2H]C([2H])([2H])c1ccc(B2c3oc4ncccc4c3C=CN2C)[n+](C)c1. The highest BCUT2D eigenvalue weighted by Gasteiger charge is 2.46. The molecule has 0 spiro atoms. The minimum Gasteiger partial charge on any atom is -0.467 e. The molecular weight excluding hydrogens is 1410 g/mol. The third-order valence-corrected chi connectivity index (χ3v) is 22.1. The highest BCUT2D eigenvalue weighted by molar-refractivity contribution is 6.84. The van der Waals surface area contributed by atoms with Crippen molar-refractivity contribution in [3.63, 3.8) is 0 Å². The average molecular weight is 1520 g/mol. The highest BCUT2D eigenvalue weighted by Crippen LogP contribution is 2.32. The quantitative estimate of drug-likeness (QED) is 0.124. The van der Waals surface area contributed by atoms with Gasteiger partial charge in [0.05, 0.1) is 0 Å². The molecule has 5 aliphatic heterocycles. The number of nitrogens with zero attached hydrogens (tertiary/aromatic N) is 13. The number of benzene rings is 2. The van der Waals surface area contributed by atoms with Crippen molar-refractivity contribution in [1.29, 1.82) is 0 Å². The van der Waals surface area contributed by atoms with E-state index in [2.05, 4.69) is 115 Å². The maximum absolute atomic E-state index is 8.03. The van der Waals surface area contributed by atoms with Crippen molar-refractivity contribution in [2.24, 2.45) is 35.2 Å². The Labute approximate surface area is 689 Å². The monoisotopic (exact) mass is 1520 g/mol. The van der Waals surface area contributed by atoms with Crippen LogP contribution in [0, 0.1) is 48.3 Å². The van der Waals surface area contributed by atoms with Crippen LogP contribution in [0.5, 0.6) is 0 Å². The van der Waals surface area contributed by atoms with Crippen LogP contribution in [0.4, 0.5) is 0 Å². The van der Waals surface area contributed by atoms with E-state index in [-0.39, 0.29) is 38.5 Å². The van der Waals surface area contributed by atoms with Gasteiger partial charge in [-0.3, -0.25) is 0 Å². The molecule has 20 rings (SSSR count). The van der Waals surface area contributed by atoms with Crippen LogP contribution in [0.15, 0.2) is 236 Å². The molecule has 2 aromatic carbocycles. The molecule has 18 nitrogen and oxygen atoms in total. The van der Waals surface area contributed by atoms with Crippen LogP contribution in [0.3, 0.4) is 0 Å². The number of fused-ring (bicyclic) bond motifs is 15. The molecule has 0 N–H and O–H groups in total. The van der Waals surface area contributed by atoms with E-state index in [9.17, 15) is 0 Å². The lowest BCUT2D eigenvalue weighted by atomic mass is 9.51. The molecule has 114 heavy (non-hydrogen) atoms. The Kier molecular flexibility index (Phi) is 15.8. The molecule has 18 heterocycles. The smallest absolute Gasteiger partial charge is 0.443 e. The van der Waals surface area contributed by atoms with E-state index < -0.39 is 41.1 Å². The van der Waals surface area contributed by atoms with Gasteiger partial charge in [-0.25, -0.2) is 37.8 Å². The molecule has 0 radical (unpaired) electrons. The van der Waals surface area contributed by atoms with E-state index in [0.717, 1.165) is 94.1 Å². The van der Waals surface area contributed by atoms with Crippen LogP contribution in [0.25, 0.3) is 84.6 Å². The van der Waals surface area contributed by atoms with Gasteiger partial charge in [0.15, 0.2) is 59.0 Å². The van der Waals surface area contributed by atoms with Crippen LogP contribution < -0.4 is 79.1 Å². The first-order chi connectivity index (χ1) is 60.9. The number of aromatic nitrogens is 8. The van der Waals surface area contributed by atoms with Crippen LogP contribution >= 0.6 is 0 Å². The summed E-state index contributed by atoms with van der Waals surface area (Å²) in [4.78, 5) is 23.0. The van der Waals surface area contributed by atoms with E-state index in [1.807, 2.05) is 196 Å². The maximum atomic E-state index is 8.03. The highest BCUT2D eigenvalue weighted by atomic mass is 16.4. The Morgan fingerprint density at radius 1 is 0.333 bits per heavy atom. The molecule has 0 fully saturated rings. The Balaban J connectivity index is 0.000000119. The fraction of sp³-hybridized carbons (Fsp3) is 0.209. The topological polar surface area (TPSA) is 140 Å². The largest absolute Gasteiger partial charge is 0.467 e. The standard InChI is InChI=1S/C20H22BN2O.C19H20BN2O.C18H19BN3O.2C17H17BN3O/c1-13-10-18(22(4)11-14(13)2)21-20-19(15(3)12-23(21)5)16-8-6-7-9-17(16)24-20;1-13-9-10-21(3)17(11-13)20-19-18(14(2)12-22(20)4)15-7-5-6-8-16(15)23-19;1-12-10-16(21(3)11-13(12)2)19-17-14(7-9-22(19)4)15-6-5-8-20-18(15)23-17;1-12-6-9-20(2)15(11-12)18-16-13(7-10-21(18)3)14-5-4-8-19-17(14)22-16;1-12-6-7-15(20(2)11-12)18-16-13(8-10-21(18)3)14-5-4-9-19-17(14)22-16/h6-12H,1-5H3;5-12H,1-4H3;5-11H,1-4H3;2*4-11H,1-3H3/q5*+1/i2D3,3D3;2*2D3;;1D3. The molecule has 564 valence electrons. The summed E-state index contributed by atoms with van der Waals surface area (Å²) in [5.41, 5.74) is 21.8. The molecule has 0 amide bonds. The number of hydrogen-bond acceptors (Lipinski definition) is 13. The second-order valence-corrected chi connectivity index (χ2v) is 30.0. The first-order valence-corrected chi connectivity index (χ1v) is 37.6. The van der Waals surface area contributed by atoms with Gasteiger partial charge in [0.1, 0.15) is 74.7 Å². The zero-order valence-electron chi connectivity index (χ0n) is 81.2. The van der Waals surface area contributed by atoms with E-state index in [4.69, 9.17) is 42.6 Å². The lowest BCUT2D eigenvalue weighted by Crippen LogP contribution is -2.65. The first kappa shape index (κ1) is 59.2. The van der Waals surface area contributed by atoms with E-state index in [1.54, 1.807) is 81.2 Å². The van der Waals surface area contributed by atoms with Crippen molar-refractivity contribution in [2.75, 3.05) is 35.2 Å². The van der Waals surface area contributed by atoms with Crippen molar-refractivity contribution in [3.05, 3.63) is 281 Å². The van der Waals surface area contributed by atoms with Crippen molar-refractivity contribution >= 4 is 175 Å². The van der Waals surface area contributed by atoms with Gasteiger partial charge < -0.3 is 46.1 Å². The molecule has 5 aliphatic rings. The molecule has 0 unspecified atom stereocenters. The molecule has 15 aromatic rings. The van der Waals surface area contributed by atoms with Crippen LogP contribution in [-0.4, -0.2) is 108 Å².